The van der Waals surface area contributed by atoms with Crippen molar-refractivity contribution in [2.45, 2.75) is 19.8 Å². The van der Waals surface area contributed by atoms with Gasteiger partial charge in [-0.1, -0.05) is 13.3 Å². The minimum Gasteiger partial charge on any atom is -0.489 e. The van der Waals surface area contributed by atoms with Gasteiger partial charge in [-0.25, -0.2) is 0 Å². The maximum Gasteiger partial charge on any atom is 0.253 e. The van der Waals surface area contributed by atoms with Crippen LogP contribution in [-0.2, 0) is 4.74 Å². The van der Waals surface area contributed by atoms with Gasteiger partial charge >= 0.3 is 0 Å². The van der Waals surface area contributed by atoms with E-state index < -0.39 is 0 Å². The number of rotatable bonds is 8. The molecule has 112 valence electrons. The number of anilines is 1. The van der Waals surface area contributed by atoms with Crippen molar-refractivity contribution >= 4 is 11.6 Å². The van der Waals surface area contributed by atoms with Gasteiger partial charge in [-0.3, -0.25) is 4.79 Å². The van der Waals surface area contributed by atoms with Crippen molar-refractivity contribution in [3.63, 3.8) is 0 Å². The number of benzene rings is 1. The summed E-state index contributed by atoms with van der Waals surface area (Å²) in [6.45, 7) is 3.81. The van der Waals surface area contributed by atoms with Crippen LogP contribution in [0.2, 0.25) is 0 Å². The van der Waals surface area contributed by atoms with Crippen LogP contribution < -0.4 is 10.5 Å². The average Bonchev–Trinajstić information content (AvgIpc) is 2.43. The van der Waals surface area contributed by atoms with Crippen LogP contribution in [0.3, 0.4) is 0 Å². The fourth-order valence-corrected chi connectivity index (χ4v) is 1.61. The van der Waals surface area contributed by atoms with Crippen LogP contribution in [-0.4, -0.2) is 44.7 Å². The maximum atomic E-state index is 11.9. The summed E-state index contributed by atoms with van der Waals surface area (Å²) >= 11 is 0. The lowest BCUT2D eigenvalue weighted by Gasteiger charge is -2.13. The zero-order valence-electron chi connectivity index (χ0n) is 12.5. The van der Waals surface area contributed by atoms with Gasteiger partial charge in [0.15, 0.2) is 0 Å². The molecule has 0 radical (unpaired) electrons. The molecule has 20 heavy (non-hydrogen) atoms. The molecule has 1 aromatic carbocycles. The first-order chi connectivity index (χ1) is 9.56. The summed E-state index contributed by atoms with van der Waals surface area (Å²) in [5.74, 6) is 0.450. The summed E-state index contributed by atoms with van der Waals surface area (Å²) in [7, 11) is 3.42. The van der Waals surface area contributed by atoms with Crippen molar-refractivity contribution in [1.82, 2.24) is 4.90 Å². The third kappa shape index (κ3) is 5.09. The Balaban J connectivity index is 2.52. The van der Waals surface area contributed by atoms with E-state index in [0.29, 0.717) is 30.2 Å². The topological polar surface area (TPSA) is 64.8 Å². The van der Waals surface area contributed by atoms with Crippen molar-refractivity contribution in [1.29, 1.82) is 0 Å². The van der Waals surface area contributed by atoms with E-state index in [1.807, 2.05) is 0 Å². The molecule has 0 unspecified atom stereocenters. The second kappa shape index (κ2) is 8.43. The van der Waals surface area contributed by atoms with Gasteiger partial charge in [-0.05, 0) is 24.6 Å². The Morgan fingerprint density at radius 1 is 1.25 bits per heavy atom. The summed E-state index contributed by atoms with van der Waals surface area (Å²) in [5.41, 5.74) is 6.92. The Morgan fingerprint density at radius 3 is 2.65 bits per heavy atom. The number of nitrogen functional groups attached to an aromatic ring is 1. The molecule has 0 spiro atoms. The van der Waals surface area contributed by atoms with Gasteiger partial charge in [0.1, 0.15) is 12.4 Å². The van der Waals surface area contributed by atoms with E-state index in [9.17, 15) is 4.79 Å². The lowest BCUT2D eigenvalue weighted by atomic mass is 10.1. The number of ether oxygens (including phenoxy) is 2. The first kappa shape index (κ1) is 16.3. The number of amides is 1. The molecule has 0 saturated heterocycles. The lowest BCUT2D eigenvalue weighted by Crippen LogP contribution is -2.21. The molecule has 1 aromatic rings. The quantitative estimate of drug-likeness (QED) is 0.585. The Kier molecular flexibility index (Phi) is 6.87. The van der Waals surface area contributed by atoms with Crippen LogP contribution in [0.4, 0.5) is 5.69 Å². The lowest BCUT2D eigenvalue weighted by molar-refractivity contribution is 0.0826. The minimum absolute atomic E-state index is 0.0750. The fraction of sp³-hybridized carbons (Fsp3) is 0.533. The fourth-order valence-electron chi connectivity index (χ4n) is 1.61. The highest BCUT2D eigenvalue weighted by molar-refractivity contribution is 5.94. The van der Waals surface area contributed by atoms with Gasteiger partial charge in [-0.2, -0.15) is 0 Å². The number of nitrogens with two attached hydrogens (primary N) is 1. The van der Waals surface area contributed by atoms with Gasteiger partial charge < -0.3 is 20.1 Å². The van der Waals surface area contributed by atoms with Crippen LogP contribution in [0.25, 0.3) is 0 Å². The Morgan fingerprint density at radius 2 is 2.00 bits per heavy atom. The molecule has 0 heterocycles. The molecule has 2 N–H and O–H groups in total. The number of carbonyl (C=O) groups excluding carboxylic acids is 1. The Labute approximate surface area is 120 Å². The molecule has 5 nitrogen and oxygen atoms in total. The number of unbranched alkanes of at least 4 members (excludes halogenated alkanes) is 1. The third-order valence-electron chi connectivity index (χ3n) is 2.79. The molecule has 0 aromatic heterocycles. The molecule has 0 fully saturated rings. The van der Waals surface area contributed by atoms with Gasteiger partial charge in [0.25, 0.3) is 5.91 Å². The second-order valence-corrected chi connectivity index (χ2v) is 4.77. The van der Waals surface area contributed by atoms with Crippen LogP contribution in [0, 0.1) is 0 Å². The van der Waals surface area contributed by atoms with Gasteiger partial charge in [0, 0.05) is 26.3 Å². The molecular weight excluding hydrogens is 256 g/mol. The van der Waals surface area contributed by atoms with E-state index in [4.69, 9.17) is 15.2 Å². The summed E-state index contributed by atoms with van der Waals surface area (Å²) in [6.07, 6.45) is 2.16. The molecular formula is C15H24N2O3. The number of nitrogens with zero attached hydrogens (tertiary/aromatic N) is 1. The summed E-state index contributed by atoms with van der Waals surface area (Å²) in [6, 6.07) is 5.05. The smallest absolute Gasteiger partial charge is 0.253 e. The molecule has 0 bridgehead atoms. The molecule has 1 amide bonds. The SMILES string of the molecule is CCCCOCCOc1cc(C(=O)N(C)C)ccc1N. The normalized spacial score (nSPS) is 10.3. The monoisotopic (exact) mass is 280 g/mol. The minimum atomic E-state index is -0.0750. The first-order valence-corrected chi connectivity index (χ1v) is 6.88. The summed E-state index contributed by atoms with van der Waals surface area (Å²) in [4.78, 5) is 13.4. The van der Waals surface area contributed by atoms with E-state index in [1.54, 1.807) is 32.3 Å². The van der Waals surface area contributed by atoms with Gasteiger partial charge in [0.2, 0.25) is 0 Å². The van der Waals surface area contributed by atoms with Gasteiger partial charge in [-0.15, -0.1) is 0 Å². The molecule has 0 atom stereocenters. The average molecular weight is 280 g/mol. The van der Waals surface area contributed by atoms with E-state index >= 15 is 0 Å². The van der Waals surface area contributed by atoms with Crippen LogP contribution in [0.5, 0.6) is 5.75 Å². The van der Waals surface area contributed by atoms with Gasteiger partial charge in [0.05, 0.1) is 12.3 Å². The number of hydrogen-bond donors (Lipinski definition) is 1. The third-order valence-corrected chi connectivity index (χ3v) is 2.79. The summed E-state index contributed by atoms with van der Waals surface area (Å²) in [5, 5.41) is 0. The zero-order valence-corrected chi connectivity index (χ0v) is 12.5. The van der Waals surface area contributed by atoms with Crippen LogP contribution in [0.15, 0.2) is 18.2 Å². The Bertz CT molecular complexity index is 433. The van der Waals surface area contributed by atoms with Crippen LogP contribution >= 0.6 is 0 Å². The van der Waals surface area contributed by atoms with E-state index in [-0.39, 0.29) is 5.91 Å². The predicted octanol–water partition coefficient (Wildman–Crippen LogP) is 2.17. The molecule has 0 aliphatic heterocycles. The Hall–Kier alpha value is -1.75. The van der Waals surface area contributed by atoms with E-state index in [0.717, 1.165) is 19.4 Å². The standard InChI is InChI=1S/C15H24N2O3/c1-4-5-8-19-9-10-20-14-11-12(6-7-13(14)16)15(18)17(2)3/h6-7,11H,4-5,8-10,16H2,1-3H3. The number of hydrogen-bond acceptors (Lipinski definition) is 4. The van der Waals surface area contributed by atoms with E-state index in [1.165, 1.54) is 4.90 Å². The molecule has 1 rings (SSSR count). The van der Waals surface area contributed by atoms with Crippen molar-refractivity contribution in [3.05, 3.63) is 23.8 Å². The highest BCUT2D eigenvalue weighted by Gasteiger charge is 2.10. The van der Waals surface area contributed by atoms with E-state index in [2.05, 4.69) is 6.92 Å². The number of carbonyl (C=O) groups is 1. The highest BCUT2D eigenvalue weighted by atomic mass is 16.5. The molecule has 0 aliphatic carbocycles. The molecule has 0 saturated carbocycles. The van der Waals surface area contributed by atoms with Crippen molar-refractivity contribution < 1.29 is 14.3 Å². The van der Waals surface area contributed by atoms with Crippen molar-refractivity contribution in [2.75, 3.05) is 39.6 Å². The second-order valence-electron chi connectivity index (χ2n) is 4.77. The molecule has 0 aliphatic rings. The zero-order chi connectivity index (χ0) is 15.0. The first-order valence-electron chi connectivity index (χ1n) is 6.88. The molecule has 5 heteroatoms. The maximum absolute atomic E-state index is 11.9. The summed E-state index contributed by atoms with van der Waals surface area (Å²) < 4.78 is 11.0. The van der Waals surface area contributed by atoms with Crippen molar-refractivity contribution in [3.8, 4) is 5.75 Å². The largest absolute Gasteiger partial charge is 0.489 e. The van der Waals surface area contributed by atoms with Crippen LogP contribution in [0.1, 0.15) is 30.1 Å². The highest BCUT2D eigenvalue weighted by Crippen LogP contribution is 2.23. The predicted molar refractivity (Wildman–Crippen MR) is 80.1 cm³/mol. The van der Waals surface area contributed by atoms with Crippen molar-refractivity contribution in [2.24, 2.45) is 0 Å².